The Morgan fingerprint density at radius 1 is 1.06 bits per heavy atom. The molecule has 5 aromatic rings. The molecule has 5 rings (SSSR count). The van der Waals surface area contributed by atoms with E-state index in [1.54, 1.807) is 7.11 Å². The largest absolute Gasteiger partial charge is 0.496 e. The Bertz CT molecular complexity index is 1410. The summed E-state index contributed by atoms with van der Waals surface area (Å²) in [7, 11) is 1.64. The SMILES string of the molecule is COc1ccccc1-c1cc(C(C)n2cc(-c3ccc(Cl)cc3)c3c(N)ncnc32)on1. The maximum Gasteiger partial charge on any atom is 0.159 e. The van der Waals surface area contributed by atoms with Gasteiger partial charge in [-0.2, -0.15) is 0 Å². The lowest BCUT2D eigenvalue weighted by Crippen LogP contribution is -2.05. The van der Waals surface area contributed by atoms with Crippen molar-refractivity contribution in [1.29, 1.82) is 0 Å². The fourth-order valence-corrected chi connectivity index (χ4v) is 3.98. The monoisotopic (exact) mass is 445 g/mol. The van der Waals surface area contributed by atoms with Crippen LogP contribution >= 0.6 is 11.6 Å². The number of hydrogen-bond donors (Lipinski definition) is 1. The molecule has 0 fully saturated rings. The number of aromatic nitrogens is 4. The van der Waals surface area contributed by atoms with Gasteiger partial charge in [-0.3, -0.25) is 0 Å². The number of hydrogen-bond acceptors (Lipinski definition) is 6. The van der Waals surface area contributed by atoms with Crippen molar-refractivity contribution in [1.82, 2.24) is 19.7 Å². The van der Waals surface area contributed by atoms with E-state index in [9.17, 15) is 0 Å². The number of ether oxygens (including phenoxy) is 1. The number of halogens is 1. The molecule has 3 aromatic heterocycles. The molecule has 2 aromatic carbocycles. The molecule has 3 heterocycles. The molecule has 0 amide bonds. The van der Waals surface area contributed by atoms with Crippen LogP contribution in [0.25, 0.3) is 33.4 Å². The van der Waals surface area contributed by atoms with E-state index in [-0.39, 0.29) is 6.04 Å². The fraction of sp³-hybridized carbons (Fsp3) is 0.125. The van der Waals surface area contributed by atoms with E-state index in [4.69, 9.17) is 26.6 Å². The maximum absolute atomic E-state index is 6.25. The summed E-state index contributed by atoms with van der Waals surface area (Å²) < 4.78 is 13.2. The molecule has 0 aliphatic carbocycles. The summed E-state index contributed by atoms with van der Waals surface area (Å²) in [6.07, 6.45) is 3.47. The van der Waals surface area contributed by atoms with Crippen molar-refractivity contribution in [3.63, 3.8) is 0 Å². The second kappa shape index (κ2) is 8.01. The van der Waals surface area contributed by atoms with E-state index < -0.39 is 0 Å². The van der Waals surface area contributed by atoms with Crippen molar-refractivity contribution in [2.45, 2.75) is 13.0 Å². The molecule has 0 aliphatic rings. The highest BCUT2D eigenvalue weighted by Gasteiger charge is 2.22. The Hall–Kier alpha value is -3.84. The molecule has 32 heavy (non-hydrogen) atoms. The third kappa shape index (κ3) is 3.36. The molecule has 7 nitrogen and oxygen atoms in total. The Kier molecular flexibility index (Phi) is 5.03. The summed E-state index contributed by atoms with van der Waals surface area (Å²) in [6.45, 7) is 2.02. The minimum atomic E-state index is -0.191. The summed E-state index contributed by atoms with van der Waals surface area (Å²) in [6, 6.07) is 17.0. The van der Waals surface area contributed by atoms with Crippen LogP contribution in [0, 0.1) is 0 Å². The minimum Gasteiger partial charge on any atom is -0.496 e. The molecular formula is C24H20ClN5O2. The van der Waals surface area contributed by atoms with Crippen LogP contribution < -0.4 is 10.5 Å². The van der Waals surface area contributed by atoms with Gasteiger partial charge in [0.2, 0.25) is 0 Å². The second-order valence-corrected chi connectivity index (χ2v) is 7.84. The quantitative estimate of drug-likeness (QED) is 0.378. The molecule has 2 N–H and O–H groups in total. The van der Waals surface area contributed by atoms with Crippen LogP contribution in [-0.2, 0) is 0 Å². The van der Waals surface area contributed by atoms with Gasteiger partial charge in [0.1, 0.15) is 29.2 Å². The Labute approximate surface area is 189 Å². The first-order valence-corrected chi connectivity index (χ1v) is 10.4. The van der Waals surface area contributed by atoms with Crippen LogP contribution in [0.3, 0.4) is 0 Å². The molecule has 0 radical (unpaired) electrons. The third-order valence-corrected chi connectivity index (χ3v) is 5.79. The van der Waals surface area contributed by atoms with Crippen molar-refractivity contribution >= 4 is 28.5 Å². The smallest absolute Gasteiger partial charge is 0.159 e. The third-order valence-electron chi connectivity index (χ3n) is 5.53. The summed E-state index contributed by atoms with van der Waals surface area (Å²) in [5.41, 5.74) is 10.4. The molecule has 0 saturated heterocycles. The van der Waals surface area contributed by atoms with Crippen molar-refractivity contribution in [3.8, 4) is 28.1 Å². The van der Waals surface area contributed by atoms with Crippen molar-refractivity contribution < 1.29 is 9.26 Å². The number of anilines is 1. The zero-order chi connectivity index (χ0) is 22.2. The van der Waals surface area contributed by atoms with Crippen LogP contribution in [0.15, 0.2) is 71.6 Å². The zero-order valence-corrected chi connectivity index (χ0v) is 18.2. The standard InChI is InChI=1S/C24H20ClN5O2/c1-14(21-11-19(29-32-21)17-5-3-4-6-20(17)31-2)30-12-18(15-7-9-16(25)10-8-15)22-23(26)27-13-28-24(22)30/h3-14H,1-2H3,(H2,26,27,28). The first kappa shape index (κ1) is 20.1. The average Bonchev–Trinajstić information content (AvgIpc) is 3.45. The maximum atomic E-state index is 6.25. The average molecular weight is 446 g/mol. The second-order valence-electron chi connectivity index (χ2n) is 7.41. The predicted octanol–water partition coefficient (Wildman–Crippen LogP) is 5.61. The van der Waals surface area contributed by atoms with E-state index in [1.807, 2.05) is 72.3 Å². The van der Waals surface area contributed by atoms with Gasteiger partial charge >= 0.3 is 0 Å². The van der Waals surface area contributed by atoms with Gasteiger partial charge in [0.15, 0.2) is 5.76 Å². The van der Waals surface area contributed by atoms with E-state index in [2.05, 4.69) is 15.1 Å². The molecule has 1 atom stereocenters. The number of benzene rings is 2. The van der Waals surface area contributed by atoms with Crippen LogP contribution in [0.5, 0.6) is 5.75 Å². The topological polar surface area (TPSA) is 92.0 Å². The van der Waals surface area contributed by atoms with Gasteiger partial charge in [0.25, 0.3) is 0 Å². The van der Waals surface area contributed by atoms with Crippen molar-refractivity contribution in [3.05, 3.63) is 77.9 Å². The summed E-state index contributed by atoms with van der Waals surface area (Å²) >= 11 is 6.08. The van der Waals surface area contributed by atoms with Gasteiger partial charge in [-0.1, -0.05) is 41.0 Å². The van der Waals surface area contributed by atoms with Crippen LogP contribution in [0.1, 0.15) is 18.7 Å². The van der Waals surface area contributed by atoms with Crippen LogP contribution in [-0.4, -0.2) is 26.8 Å². The molecule has 0 saturated carbocycles. The van der Waals surface area contributed by atoms with Crippen LogP contribution in [0.4, 0.5) is 5.82 Å². The molecule has 8 heteroatoms. The summed E-state index contributed by atoms with van der Waals surface area (Å²) in [5, 5.41) is 5.72. The van der Waals surface area contributed by atoms with Gasteiger partial charge in [-0.25, -0.2) is 9.97 Å². The number of methoxy groups -OCH3 is 1. The molecule has 160 valence electrons. The number of nitrogen functional groups attached to an aromatic ring is 1. The number of nitrogens with zero attached hydrogens (tertiary/aromatic N) is 4. The lowest BCUT2D eigenvalue weighted by molar-refractivity contribution is 0.355. The summed E-state index contributed by atoms with van der Waals surface area (Å²) in [4.78, 5) is 8.71. The number of nitrogens with two attached hydrogens (primary N) is 1. The predicted molar refractivity (Wildman–Crippen MR) is 125 cm³/mol. The molecule has 0 spiro atoms. The molecule has 0 aliphatic heterocycles. The van der Waals surface area contributed by atoms with Gasteiger partial charge in [0.05, 0.1) is 18.5 Å². The number of para-hydroxylation sites is 1. The lowest BCUT2D eigenvalue weighted by atomic mass is 10.1. The highest BCUT2D eigenvalue weighted by molar-refractivity contribution is 6.30. The van der Waals surface area contributed by atoms with E-state index >= 15 is 0 Å². The van der Waals surface area contributed by atoms with E-state index in [0.29, 0.717) is 27.9 Å². The first-order valence-electron chi connectivity index (χ1n) is 10.0. The molecular weight excluding hydrogens is 426 g/mol. The number of fused-ring (bicyclic) bond motifs is 1. The van der Waals surface area contributed by atoms with Gasteiger partial charge in [0, 0.05) is 28.4 Å². The molecule has 0 bridgehead atoms. The number of rotatable bonds is 5. The Morgan fingerprint density at radius 2 is 1.84 bits per heavy atom. The van der Waals surface area contributed by atoms with Crippen molar-refractivity contribution in [2.75, 3.05) is 12.8 Å². The van der Waals surface area contributed by atoms with E-state index in [1.165, 1.54) is 6.33 Å². The molecule has 1 unspecified atom stereocenters. The minimum absolute atomic E-state index is 0.191. The lowest BCUT2D eigenvalue weighted by Gasteiger charge is -2.11. The van der Waals surface area contributed by atoms with Gasteiger partial charge < -0.3 is 19.6 Å². The van der Waals surface area contributed by atoms with E-state index in [0.717, 1.165) is 27.8 Å². The van der Waals surface area contributed by atoms with Crippen molar-refractivity contribution in [2.24, 2.45) is 0 Å². The normalized spacial score (nSPS) is 12.2. The first-order chi connectivity index (χ1) is 15.6. The van der Waals surface area contributed by atoms with Gasteiger partial charge in [-0.15, -0.1) is 0 Å². The van der Waals surface area contributed by atoms with Gasteiger partial charge in [-0.05, 0) is 36.8 Å². The highest BCUT2D eigenvalue weighted by atomic mass is 35.5. The zero-order valence-electron chi connectivity index (χ0n) is 17.5. The fourth-order valence-electron chi connectivity index (χ4n) is 3.86. The highest BCUT2D eigenvalue weighted by Crippen LogP contribution is 2.37. The Balaban J connectivity index is 1.61. The van der Waals surface area contributed by atoms with Crippen LogP contribution in [0.2, 0.25) is 5.02 Å². The summed E-state index contributed by atoms with van der Waals surface area (Å²) in [5.74, 6) is 1.83. The Morgan fingerprint density at radius 3 is 2.62 bits per heavy atom.